The smallest absolute Gasteiger partial charge is 0.328 e. The summed E-state index contributed by atoms with van der Waals surface area (Å²) < 4.78 is 0. The second kappa shape index (κ2) is 5.69. The van der Waals surface area contributed by atoms with Crippen molar-refractivity contribution in [2.75, 3.05) is 20.2 Å². The van der Waals surface area contributed by atoms with E-state index in [0.29, 0.717) is 6.54 Å². The number of carboxylic acids is 1. The zero-order chi connectivity index (χ0) is 12.9. The summed E-state index contributed by atoms with van der Waals surface area (Å²) >= 11 is 0. The number of amides is 2. The third kappa shape index (κ3) is 5.55. The van der Waals surface area contributed by atoms with E-state index in [9.17, 15) is 9.59 Å². The summed E-state index contributed by atoms with van der Waals surface area (Å²) in [5.41, 5.74) is -0.0655. The van der Waals surface area contributed by atoms with Crippen LogP contribution in [0, 0.1) is 5.41 Å². The lowest BCUT2D eigenvalue weighted by molar-refractivity contribution is -0.140. The van der Waals surface area contributed by atoms with Crippen molar-refractivity contribution < 1.29 is 19.8 Å². The van der Waals surface area contributed by atoms with Crippen LogP contribution >= 0.6 is 0 Å². The molecule has 16 heavy (non-hydrogen) atoms. The van der Waals surface area contributed by atoms with Gasteiger partial charge < -0.3 is 20.4 Å². The van der Waals surface area contributed by atoms with Gasteiger partial charge in [0.05, 0.1) is 6.61 Å². The monoisotopic (exact) mass is 232 g/mol. The first kappa shape index (κ1) is 14.7. The Morgan fingerprint density at radius 2 is 1.88 bits per heavy atom. The van der Waals surface area contributed by atoms with Gasteiger partial charge >= 0.3 is 12.0 Å². The van der Waals surface area contributed by atoms with Crippen LogP contribution in [0.4, 0.5) is 4.79 Å². The van der Waals surface area contributed by atoms with Crippen LogP contribution in [0.25, 0.3) is 0 Å². The molecule has 0 saturated carbocycles. The first-order valence-electron chi connectivity index (χ1n) is 5.02. The molecule has 0 aliphatic rings. The zero-order valence-corrected chi connectivity index (χ0v) is 10.1. The van der Waals surface area contributed by atoms with Crippen LogP contribution in [0.1, 0.15) is 20.8 Å². The Kier molecular flexibility index (Phi) is 5.23. The summed E-state index contributed by atoms with van der Waals surface area (Å²) in [5, 5.41) is 19.6. The number of nitrogens with zero attached hydrogens (tertiary/aromatic N) is 1. The topological polar surface area (TPSA) is 89.9 Å². The van der Waals surface area contributed by atoms with E-state index in [1.807, 2.05) is 20.8 Å². The van der Waals surface area contributed by atoms with Crippen LogP contribution in [0.3, 0.4) is 0 Å². The number of carbonyl (C=O) groups excluding carboxylic acids is 1. The molecule has 0 bridgehead atoms. The molecular formula is C10H20N2O4. The van der Waals surface area contributed by atoms with E-state index in [4.69, 9.17) is 10.2 Å². The van der Waals surface area contributed by atoms with Crippen LogP contribution in [-0.4, -0.2) is 53.4 Å². The molecule has 0 aromatic carbocycles. The summed E-state index contributed by atoms with van der Waals surface area (Å²) in [6.07, 6.45) is 0. The van der Waals surface area contributed by atoms with Crippen LogP contribution in [0.15, 0.2) is 0 Å². The normalized spacial score (nSPS) is 13.1. The van der Waals surface area contributed by atoms with E-state index < -0.39 is 24.6 Å². The van der Waals surface area contributed by atoms with E-state index in [2.05, 4.69) is 5.32 Å². The summed E-state index contributed by atoms with van der Waals surface area (Å²) in [6, 6.07) is -1.76. The van der Waals surface area contributed by atoms with Crippen molar-refractivity contribution >= 4 is 12.0 Å². The maximum atomic E-state index is 11.5. The number of aliphatic carboxylic acids is 1. The van der Waals surface area contributed by atoms with Gasteiger partial charge in [0.2, 0.25) is 0 Å². The van der Waals surface area contributed by atoms with E-state index in [0.717, 1.165) is 0 Å². The maximum Gasteiger partial charge on any atom is 0.328 e. The summed E-state index contributed by atoms with van der Waals surface area (Å²) in [7, 11) is 1.58. The van der Waals surface area contributed by atoms with Gasteiger partial charge in [0.25, 0.3) is 0 Å². The highest BCUT2D eigenvalue weighted by molar-refractivity contribution is 5.82. The Bertz CT molecular complexity index is 260. The van der Waals surface area contributed by atoms with Crippen LogP contribution in [-0.2, 0) is 4.79 Å². The Labute approximate surface area is 95.2 Å². The molecule has 1 atom stereocenters. The second-order valence-corrected chi connectivity index (χ2v) is 4.94. The summed E-state index contributed by atoms with van der Waals surface area (Å²) in [5.74, 6) is -1.25. The number of hydrogen-bond acceptors (Lipinski definition) is 3. The van der Waals surface area contributed by atoms with Gasteiger partial charge in [0.1, 0.15) is 0 Å². The molecule has 0 spiro atoms. The average molecular weight is 232 g/mol. The van der Waals surface area contributed by atoms with Crippen LogP contribution < -0.4 is 5.32 Å². The molecule has 0 aliphatic heterocycles. The minimum Gasteiger partial charge on any atom is -0.480 e. The number of nitrogens with one attached hydrogen (secondary N) is 1. The lowest BCUT2D eigenvalue weighted by Crippen LogP contribution is -2.49. The molecule has 0 radical (unpaired) electrons. The molecule has 0 aromatic rings. The molecular weight excluding hydrogens is 212 g/mol. The van der Waals surface area contributed by atoms with Gasteiger partial charge in [0.15, 0.2) is 6.04 Å². The van der Waals surface area contributed by atoms with Crippen molar-refractivity contribution in [1.82, 2.24) is 10.2 Å². The molecule has 3 N–H and O–H groups in total. The predicted octanol–water partition coefficient (Wildman–Crippen LogP) is 0.119. The highest BCUT2D eigenvalue weighted by Gasteiger charge is 2.23. The molecule has 94 valence electrons. The zero-order valence-electron chi connectivity index (χ0n) is 10.1. The highest BCUT2D eigenvalue weighted by atomic mass is 16.4. The van der Waals surface area contributed by atoms with Gasteiger partial charge in [-0.15, -0.1) is 0 Å². The van der Waals surface area contributed by atoms with E-state index in [-0.39, 0.29) is 5.41 Å². The number of aliphatic hydroxyl groups is 1. The lowest BCUT2D eigenvalue weighted by atomic mass is 9.96. The molecule has 0 heterocycles. The molecule has 0 fully saturated rings. The molecule has 0 saturated heterocycles. The van der Waals surface area contributed by atoms with Crippen molar-refractivity contribution in [3.8, 4) is 0 Å². The van der Waals surface area contributed by atoms with Crippen molar-refractivity contribution in [2.24, 2.45) is 5.41 Å². The Balaban J connectivity index is 4.29. The van der Waals surface area contributed by atoms with Gasteiger partial charge in [-0.25, -0.2) is 9.59 Å². The Morgan fingerprint density at radius 3 is 2.19 bits per heavy atom. The van der Waals surface area contributed by atoms with Crippen LogP contribution in [0.2, 0.25) is 0 Å². The molecule has 0 rings (SSSR count). The summed E-state index contributed by atoms with van der Waals surface area (Å²) in [6.45, 7) is 5.79. The van der Waals surface area contributed by atoms with Gasteiger partial charge in [-0.05, 0) is 5.41 Å². The molecule has 6 heteroatoms. The first-order chi connectivity index (χ1) is 7.17. The molecule has 2 amide bonds. The number of hydrogen-bond donors (Lipinski definition) is 3. The number of aliphatic hydroxyl groups excluding tert-OH is 1. The number of rotatable bonds is 4. The number of urea groups is 1. The van der Waals surface area contributed by atoms with Crippen molar-refractivity contribution in [1.29, 1.82) is 0 Å². The van der Waals surface area contributed by atoms with Crippen molar-refractivity contribution in [3.63, 3.8) is 0 Å². The largest absolute Gasteiger partial charge is 0.480 e. The van der Waals surface area contributed by atoms with Crippen molar-refractivity contribution in [2.45, 2.75) is 26.8 Å². The molecule has 0 unspecified atom stereocenters. The quantitative estimate of drug-likeness (QED) is 0.642. The Hall–Kier alpha value is -1.30. The molecule has 0 aliphatic carbocycles. The Morgan fingerprint density at radius 1 is 1.38 bits per heavy atom. The number of carboxylic acid groups (broad SMARTS) is 1. The van der Waals surface area contributed by atoms with Crippen molar-refractivity contribution in [3.05, 3.63) is 0 Å². The maximum absolute atomic E-state index is 11.5. The average Bonchev–Trinajstić information content (AvgIpc) is 2.10. The predicted molar refractivity (Wildman–Crippen MR) is 59.1 cm³/mol. The number of carbonyl (C=O) groups is 2. The fourth-order valence-electron chi connectivity index (χ4n) is 1.23. The van der Waals surface area contributed by atoms with E-state index >= 15 is 0 Å². The minimum atomic E-state index is -1.25. The second-order valence-electron chi connectivity index (χ2n) is 4.94. The third-order valence-electron chi connectivity index (χ3n) is 1.84. The fourth-order valence-corrected chi connectivity index (χ4v) is 1.23. The first-order valence-corrected chi connectivity index (χ1v) is 5.02. The minimum absolute atomic E-state index is 0.0655. The van der Waals surface area contributed by atoms with Gasteiger partial charge in [-0.1, -0.05) is 20.8 Å². The van der Waals surface area contributed by atoms with E-state index in [1.54, 1.807) is 7.05 Å². The highest BCUT2D eigenvalue weighted by Crippen LogP contribution is 2.13. The molecule has 6 nitrogen and oxygen atoms in total. The van der Waals surface area contributed by atoms with Crippen LogP contribution in [0.5, 0.6) is 0 Å². The lowest BCUT2D eigenvalue weighted by Gasteiger charge is -2.27. The van der Waals surface area contributed by atoms with E-state index in [1.165, 1.54) is 4.90 Å². The fraction of sp³-hybridized carbons (Fsp3) is 0.800. The third-order valence-corrected chi connectivity index (χ3v) is 1.84. The summed E-state index contributed by atoms with van der Waals surface area (Å²) in [4.78, 5) is 23.5. The molecule has 0 aromatic heterocycles. The van der Waals surface area contributed by atoms with Gasteiger partial charge in [0, 0.05) is 13.6 Å². The van der Waals surface area contributed by atoms with Gasteiger partial charge in [-0.3, -0.25) is 0 Å². The van der Waals surface area contributed by atoms with Gasteiger partial charge in [-0.2, -0.15) is 0 Å². The SMILES string of the molecule is CN(CC(C)(C)C)C(=O)N[C@H](CO)C(=O)O. The standard InChI is InChI=1S/C10H20N2O4/c1-10(2,3)6-12(4)9(16)11-7(5-13)8(14)15/h7,13H,5-6H2,1-4H3,(H,11,16)(H,14,15)/t7-/m1/s1.